The van der Waals surface area contributed by atoms with Crippen LogP contribution in [0, 0.1) is 0 Å². The van der Waals surface area contributed by atoms with Crippen molar-refractivity contribution in [2.24, 2.45) is 0 Å². The molecular weight excluding hydrogens is 289 g/mol. The molecule has 1 rings (SSSR count). The van der Waals surface area contributed by atoms with E-state index in [1.807, 2.05) is 0 Å². The van der Waals surface area contributed by atoms with Crippen LogP contribution in [0.5, 0.6) is 5.75 Å². The fourth-order valence-corrected chi connectivity index (χ4v) is 1.77. The van der Waals surface area contributed by atoms with Crippen molar-refractivity contribution in [3.05, 3.63) is 34.8 Å². The molecular formula is C13H13Cl2NO3. The van der Waals surface area contributed by atoms with Gasteiger partial charge in [0.2, 0.25) is 5.91 Å². The maximum atomic E-state index is 11.6. The number of hydrogen-bond acceptors (Lipinski definition) is 3. The van der Waals surface area contributed by atoms with Crippen molar-refractivity contribution < 1.29 is 14.3 Å². The lowest BCUT2D eigenvalue weighted by molar-refractivity contribution is -0.131. The van der Waals surface area contributed by atoms with E-state index >= 15 is 0 Å². The summed E-state index contributed by atoms with van der Waals surface area (Å²) in [5.41, 5.74) is 0.344. The van der Waals surface area contributed by atoms with Gasteiger partial charge in [-0.1, -0.05) is 29.3 Å². The molecule has 0 unspecified atom stereocenters. The summed E-state index contributed by atoms with van der Waals surface area (Å²) in [7, 11) is 0. The molecule has 1 N–H and O–H groups in total. The molecule has 0 fully saturated rings. The first kappa shape index (κ1) is 15.5. The molecule has 0 aliphatic carbocycles. The van der Waals surface area contributed by atoms with Gasteiger partial charge in [-0.2, -0.15) is 0 Å². The van der Waals surface area contributed by atoms with E-state index in [1.165, 1.54) is 19.1 Å². The molecule has 0 saturated heterocycles. The number of nitrogens with one attached hydrogen (secondary N) is 1. The van der Waals surface area contributed by atoms with Crippen LogP contribution in [0.4, 0.5) is 5.69 Å². The number of esters is 1. The van der Waals surface area contributed by atoms with Crippen molar-refractivity contribution >= 4 is 40.8 Å². The lowest BCUT2D eigenvalue weighted by Crippen LogP contribution is -2.11. The van der Waals surface area contributed by atoms with Crippen LogP contribution in [0.2, 0.25) is 10.0 Å². The van der Waals surface area contributed by atoms with Crippen LogP contribution in [0.3, 0.4) is 0 Å². The van der Waals surface area contributed by atoms with Crippen molar-refractivity contribution in [1.82, 2.24) is 0 Å². The second-order valence-corrected chi connectivity index (χ2v) is 4.55. The second-order valence-electron chi connectivity index (χ2n) is 3.73. The Morgan fingerprint density at radius 2 is 2.05 bits per heavy atom. The number of ether oxygens (including phenoxy) is 1. The van der Waals surface area contributed by atoms with Crippen molar-refractivity contribution in [1.29, 1.82) is 0 Å². The Kier molecular flexibility index (Phi) is 5.86. The molecule has 4 nitrogen and oxygen atoms in total. The predicted octanol–water partition coefficient (Wildman–Crippen LogP) is 3.82. The van der Waals surface area contributed by atoms with Crippen molar-refractivity contribution in [2.75, 3.05) is 5.32 Å². The summed E-state index contributed by atoms with van der Waals surface area (Å²) in [5.74, 6) is -0.566. The van der Waals surface area contributed by atoms with Crippen LogP contribution in [0.15, 0.2) is 24.8 Å². The molecule has 1 aromatic carbocycles. The zero-order chi connectivity index (χ0) is 14.4. The Morgan fingerprint density at radius 3 is 2.63 bits per heavy atom. The van der Waals surface area contributed by atoms with Gasteiger partial charge in [-0.3, -0.25) is 9.59 Å². The van der Waals surface area contributed by atoms with Gasteiger partial charge in [0, 0.05) is 19.4 Å². The van der Waals surface area contributed by atoms with Gasteiger partial charge in [-0.25, -0.2) is 0 Å². The largest absolute Gasteiger partial charge is 0.425 e. The summed E-state index contributed by atoms with van der Waals surface area (Å²) >= 11 is 11.8. The average Bonchev–Trinajstić information content (AvgIpc) is 2.32. The lowest BCUT2D eigenvalue weighted by Gasteiger charge is -2.10. The number of rotatable bonds is 5. The molecule has 0 atom stereocenters. The summed E-state index contributed by atoms with van der Waals surface area (Å²) in [6, 6.07) is 2.82. The third-order valence-electron chi connectivity index (χ3n) is 2.12. The minimum Gasteiger partial charge on any atom is -0.425 e. The van der Waals surface area contributed by atoms with Crippen LogP contribution in [-0.2, 0) is 9.59 Å². The highest BCUT2D eigenvalue weighted by molar-refractivity contribution is 6.37. The van der Waals surface area contributed by atoms with Crippen LogP contribution in [0.1, 0.15) is 19.8 Å². The molecule has 1 amide bonds. The monoisotopic (exact) mass is 301 g/mol. The first-order valence-electron chi connectivity index (χ1n) is 5.52. The van der Waals surface area contributed by atoms with Crippen LogP contribution >= 0.6 is 23.2 Å². The maximum absolute atomic E-state index is 11.6. The highest BCUT2D eigenvalue weighted by Gasteiger charge is 2.12. The molecule has 0 aliphatic heterocycles. The highest BCUT2D eigenvalue weighted by atomic mass is 35.5. The third-order valence-corrected chi connectivity index (χ3v) is 2.73. The third kappa shape index (κ3) is 4.93. The number of allylic oxidation sites excluding steroid dienone is 1. The van der Waals surface area contributed by atoms with E-state index in [4.69, 9.17) is 27.9 Å². The second kappa shape index (κ2) is 7.16. The number of halogens is 2. The van der Waals surface area contributed by atoms with Gasteiger partial charge in [-0.05, 0) is 12.5 Å². The number of benzene rings is 1. The smallest absolute Gasteiger partial charge is 0.308 e. The van der Waals surface area contributed by atoms with E-state index in [-0.39, 0.29) is 21.7 Å². The number of hydrogen-bond donors (Lipinski definition) is 1. The Hall–Kier alpha value is -1.52. The zero-order valence-corrected chi connectivity index (χ0v) is 11.8. The number of carbonyl (C=O) groups excluding carboxylic acids is 2. The molecule has 19 heavy (non-hydrogen) atoms. The molecule has 0 aliphatic rings. The molecule has 0 spiro atoms. The fourth-order valence-electron chi connectivity index (χ4n) is 1.30. The van der Waals surface area contributed by atoms with Gasteiger partial charge in [0.15, 0.2) is 5.75 Å². The summed E-state index contributed by atoms with van der Waals surface area (Å²) in [5, 5.41) is 3.09. The maximum Gasteiger partial charge on any atom is 0.308 e. The predicted molar refractivity (Wildman–Crippen MR) is 75.8 cm³/mol. The minimum atomic E-state index is -0.506. The highest BCUT2D eigenvalue weighted by Crippen LogP contribution is 2.34. The van der Waals surface area contributed by atoms with Crippen LogP contribution in [0.25, 0.3) is 0 Å². The van der Waals surface area contributed by atoms with Gasteiger partial charge in [0.05, 0.1) is 15.7 Å². The van der Waals surface area contributed by atoms with Crippen molar-refractivity contribution in [3.63, 3.8) is 0 Å². The van der Waals surface area contributed by atoms with Gasteiger partial charge in [0.25, 0.3) is 0 Å². The van der Waals surface area contributed by atoms with Gasteiger partial charge in [-0.15, -0.1) is 6.58 Å². The summed E-state index contributed by atoms with van der Waals surface area (Å²) < 4.78 is 4.91. The minimum absolute atomic E-state index is 0.151. The SMILES string of the molecule is C=CCCC(=O)Nc1cc(OC(C)=O)c(Cl)cc1Cl. The zero-order valence-electron chi connectivity index (χ0n) is 10.3. The molecule has 6 heteroatoms. The number of carbonyl (C=O) groups is 2. The van der Waals surface area contributed by atoms with E-state index in [0.29, 0.717) is 18.5 Å². The van der Waals surface area contributed by atoms with E-state index in [1.54, 1.807) is 6.08 Å². The van der Waals surface area contributed by atoms with Crippen LogP contribution in [-0.4, -0.2) is 11.9 Å². The van der Waals surface area contributed by atoms with E-state index in [2.05, 4.69) is 11.9 Å². The normalized spacial score (nSPS) is 9.84. The van der Waals surface area contributed by atoms with E-state index in [9.17, 15) is 9.59 Å². The molecule has 102 valence electrons. The molecule has 1 aromatic rings. The van der Waals surface area contributed by atoms with Crippen LogP contribution < -0.4 is 10.1 Å². The molecule has 0 bridgehead atoms. The summed E-state index contributed by atoms with van der Waals surface area (Å²) in [6.07, 6.45) is 2.51. The topological polar surface area (TPSA) is 55.4 Å². The van der Waals surface area contributed by atoms with Crippen molar-refractivity contribution in [2.45, 2.75) is 19.8 Å². The van der Waals surface area contributed by atoms with E-state index < -0.39 is 5.97 Å². The van der Waals surface area contributed by atoms with Crippen molar-refractivity contribution in [3.8, 4) is 5.75 Å². The quantitative estimate of drug-likeness (QED) is 0.511. The summed E-state index contributed by atoms with van der Waals surface area (Å²) in [4.78, 5) is 22.5. The molecule has 0 saturated carbocycles. The fraction of sp³-hybridized carbons (Fsp3) is 0.231. The Morgan fingerprint density at radius 1 is 1.37 bits per heavy atom. The average molecular weight is 302 g/mol. The number of amides is 1. The Labute approximate surface area is 121 Å². The van der Waals surface area contributed by atoms with Gasteiger partial charge >= 0.3 is 5.97 Å². The standard InChI is InChI=1S/C13H13Cl2NO3/c1-3-4-5-13(18)16-11-7-12(19-8(2)17)10(15)6-9(11)14/h3,6-7H,1,4-5H2,2H3,(H,16,18). The molecule has 0 heterocycles. The van der Waals surface area contributed by atoms with Gasteiger partial charge in [0.1, 0.15) is 0 Å². The Bertz CT molecular complexity index is 515. The first-order chi connectivity index (χ1) is 8.93. The lowest BCUT2D eigenvalue weighted by atomic mass is 10.2. The molecule has 0 radical (unpaired) electrons. The number of anilines is 1. The molecule has 0 aromatic heterocycles. The first-order valence-corrected chi connectivity index (χ1v) is 6.28. The Balaban J connectivity index is 2.91. The van der Waals surface area contributed by atoms with E-state index in [0.717, 1.165) is 0 Å². The summed E-state index contributed by atoms with van der Waals surface area (Å²) in [6.45, 7) is 4.79. The van der Waals surface area contributed by atoms with Gasteiger partial charge < -0.3 is 10.1 Å².